The molecular weight excluding hydrogens is 418 g/mol. The number of rotatable bonds is 5. The zero-order chi connectivity index (χ0) is 18.2. The van der Waals surface area contributed by atoms with Crippen LogP contribution in [0.4, 0.5) is 0 Å². The van der Waals surface area contributed by atoms with E-state index in [1.807, 2.05) is 44.2 Å². The van der Waals surface area contributed by atoms with Crippen LogP contribution in [-0.2, 0) is 11.3 Å². The van der Waals surface area contributed by atoms with Crippen LogP contribution in [0.25, 0.3) is 0 Å². The fraction of sp³-hybridized carbons (Fsp3) is 0.222. The van der Waals surface area contributed by atoms with Crippen LogP contribution in [0.2, 0.25) is 0 Å². The molecule has 0 spiro atoms. The molecule has 25 heavy (non-hydrogen) atoms. The molecule has 0 unspecified atom stereocenters. The minimum Gasteiger partial charge on any atom is -0.357 e. The molecule has 0 aliphatic heterocycles. The highest BCUT2D eigenvalue weighted by Gasteiger charge is 2.07. The Morgan fingerprint density at radius 3 is 2.56 bits per heavy atom. The lowest BCUT2D eigenvalue weighted by Gasteiger charge is -2.12. The Hall–Kier alpha value is -1.57. The van der Waals surface area contributed by atoms with Gasteiger partial charge in [-0.3, -0.25) is 15.6 Å². The number of halogens is 1. The van der Waals surface area contributed by atoms with Crippen molar-refractivity contribution in [3.8, 4) is 0 Å². The molecule has 7 heteroatoms. The van der Waals surface area contributed by atoms with Gasteiger partial charge in [-0.2, -0.15) is 0 Å². The molecule has 0 atom stereocenters. The van der Waals surface area contributed by atoms with E-state index in [-0.39, 0.29) is 5.91 Å². The van der Waals surface area contributed by atoms with Gasteiger partial charge in [0.05, 0.1) is 5.75 Å². The van der Waals surface area contributed by atoms with Crippen molar-refractivity contribution in [3.63, 3.8) is 0 Å². The summed E-state index contributed by atoms with van der Waals surface area (Å²) >= 11 is 10.2. The highest BCUT2D eigenvalue weighted by molar-refractivity contribution is 9.10. The van der Waals surface area contributed by atoms with E-state index in [0.717, 1.165) is 26.1 Å². The summed E-state index contributed by atoms with van der Waals surface area (Å²) in [7, 11) is 0. The maximum Gasteiger partial charge on any atom is 0.248 e. The summed E-state index contributed by atoms with van der Waals surface area (Å²) in [6, 6.07) is 14.1. The first-order valence-electron chi connectivity index (χ1n) is 7.72. The second kappa shape index (κ2) is 9.79. The van der Waals surface area contributed by atoms with Crippen molar-refractivity contribution in [3.05, 3.63) is 63.6 Å². The molecule has 0 bridgehead atoms. The molecule has 0 fully saturated rings. The predicted octanol–water partition coefficient (Wildman–Crippen LogP) is 3.85. The summed E-state index contributed by atoms with van der Waals surface area (Å²) in [6.45, 7) is 4.67. The molecule has 0 saturated heterocycles. The summed E-state index contributed by atoms with van der Waals surface area (Å²) in [5.74, 6) is 0.185. The molecule has 4 nitrogen and oxygen atoms in total. The van der Waals surface area contributed by atoms with Gasteiger partial charge in [0, 0.05) is 15.9 Å². The standard InChI is InChI=1S/C18H20BrN3OS2/c1-12-9-16(13(2)8-15(12)19)25-11-17(23)21-22-18(24)20-10-14-6-4-3-5-7-14/h3-9H,10-11H2,1-2H3,(H,21,23)(H2,20,22,24). The molecule has 2 aromatic rings. The third-order valence-corrected chi connectivity index (χ3v) is 5.68. The van der Waals surface area contributed by atoms with Gasteiger partial charge in [0.15, 0.2) is 5.11 Å². The number of amides is 1. The highest BCUT2D eigenvalue weighted by Crippen LogP contribution is 2.28. The lowest BCUT2D eigenvalue weighted by Crippen LogP contribution is -2.47. The molecule has 0 saturated carbocycles. The first kappa shape index (κ1) is 19.8. The minimum atomic E-state index is -0.131. The van der Waals surface area contributed by atoms with Crippen LogP contribution in [0.5, 0.6) is 0 Å². The fourth-order valence-corrected chi connectivity index (χ4v) is 3.52. The quantitative estimate of drug-likeness (QED) is 0.376. The molecule has 0 heterocycles. The lowest BCUT2D eigenvalue weighted by molar-refractivity contribution is -0.119. The van der Waals surface area contributed by atoms with E-state index in [9.17, 15) is 4.79 Å². The Morgan fingerprint density at radius 1 is 1.12 bits per heavy atom. The normalized spacial score (nSPS) is 10.2. The molecule has 2 aromatic carbocycles. The van der Waals surface area contributed by atoms with Gasteiger partial charge in [0.25, 0.3) is 0 Å². The van der Waals surface area contributed by atoms with Crippen molar-refractivity contribution in [2.45, 2.75) is 25.3 Å². The number of hydrazine groups is 1. The summed E-state index contributed by atoms with van der Waals surface area (Å²) in [4.78, 5) is 13.1. The predicted molar refractivity (Wildman–Crippen MR) is 111 cm³/mol. The zero-order valence-electron chi connectivity index (χ0n) is 14.1. The maximum atomic E-state index is 12.0. The molecule has 0 aromatic heterocycles. The SMILES string of the molecule is Cc1cc(SCC(=O)NNC(=S)NCc2ccccc2)c(C)cc1Br. The Morgan fingerprint density at radius 2 is 1.84 bits per heavy atom. The third kappa shape index (κ3) is 6.68. The van der Waals surface area contributed by atoms with Crippen LogP contribution in [0.1, 0.15) is 16.7 Å². The Balaban J connectivity index is 1.72. The molecule has 0 radical (unpaired) electrons. The summed E-state index contributed by atoms with van der Waals surface area (Å²) < 4.78 is 1.08. The summed E-state index contributed by atoms with van der Waals surface area (Å²) in [5, 5.41) is 3.43. The molecule has 0 aliphatic carbocycles. The van der Waals surface area contributed by atoms with E-state index in [1.165, 1.54) is 11.8 Å². The van der Waals surface area contributed by atoms with Gasteiger partial charge < -0.3 is 5.32 Å². The van der Waals surface area contributed by atoms with Gasteiger partial charge in [-0.25, -0.2) is 0 Å². The van der Waals surface area contributed by atoms with Crippen LogP contribution in [0.3, 0.4) is 0 Å². The first-order valence-corrected chi connectivity index (χ1v) is 9.90. The highest BCUT2D eigenvalue weighted by atomic mass is 79.9. The molecule has 0 aliphatic rings. The Kier molecular flexibility index (Phi) is 7.74. The number of thioether (sulfide) groups is 1. The van der Waals surface area contributed by atoms with Crippen LogP contribution >= 0.6 is 39.9 Å². The molecular formula is C18H20BrN3OS2. The lowest BCUT2D eigenvalue weighted by atomic mass is 10.2. The van der Waals surface area contributed by atoms with E-state index >= 15 is 0 Å². The van der Waals surface area contributed by atoms with Crippen molar-refractivity contribution >= 4 is 50.9 Å². The number of aryl methyl sites for hydroxylation is 2. The Bertz CT molecular complexity index is 753. The van der Waals surface area contributed by atoms with Crippen LogP contribution in [0, 0.1) is 13.8 Å². The molecule has 3 N–H and O–H groups in total. The molecule has 1 amide bonds. The smallest absolute Gasteiger partial charge is 0.248 e. The second-order valence-electron chi connectivity index (χ2n) is 5.50. The number of hydrogen-bond acceptors (Lipinski definition) is 3. The second-order valence-corrected chi connectivity index (χ2v) is 7.78. The largest absolute Gasteiger partial charge is 0.357 e. The van der Waals surface area contributed by atoms with Gasteiger partial charge in [0.1, 0.15) is 0 Å². The van der Waals surface area contributed by atoms with Crippen molar-refractivity contribution in [2.24, 2.45) is 0 Å². The molecule has 2 rings (SSSR count). The van der Waals surface area contributed by atoms with E-state index in [0.29, 0.717) is 17.4 Å². The third-order valence-electron chi connectivity index (χ3n) is 3.43. The van der Waals surface area contributed by atoms with Crippen molar-refractivity contribution in [1.29, 1.82) is 0 Å². The van der Waals surface area contributed by atoms with E-state index < -0.39 is 0 Å². The van der Waals surface area contributed by atoms with E-state index in [4.69, 9.17) is 12.2 Å². The average molecular weight is 438 g/mol. The topological polar surface area (TPSA) is 53.2 Å². The van der Waals surface area contributed by atoms with E-state index in [2.05, 4.69) is 44.2 Å². The average Bonchev–Trinajstić information content (AvgIpc) is 2.61. The van der Waals surface area contributed by atoms with Crippen molar-refractivity contribution < 1.29 is 4.79 Å². The zero-order valence-corrected chi connectivity index (χ0v) is 17.3. The van der Waals surface area contributed by atoms with Gasteiger partial charge >= 0.3 is 0 Å². The monoisotopic (exact) mass is 437 g/mol. The first-order chi connectivity index (χ1) is 12.0. The van der Waals surface area contributed by atoms with Crippen LogP contribution in [-0.4, -0.2) is 16.8 Å². The van der Waals surface area contributed by atoms with Gasteiger partial charge in [-0.05, 0) is 54.9 Å². The number of carbonyl (C=O) groups is 1. The van der Waals surface area contributed by atoms with Gasteiger partial charge in [0.2, 0.25) is 5.91 Å². The van der Waals surface area contributed by atoms with Crippen molar-refractivity contribution in [2.75, 3.05) is 5.75 Å². The number of nitrogens with one attached hydrogen (secondary N) is 3. The molecule has 132 valence electrons. The van der Waals surface area contributed by atoms with Crippen LogP contribution in [0.15, 0.2) is 51.8 Å². The fourth-order valence-electron chi connectivity index (χ4n) is 2.04. The van der Waals surface area contributed by atoms with Crippen LogP contribution < -0.4 is 16.2 Å². The minimum absolute atomic E-state index is 0.131. The number of benzene rings is 2. The summed E-state index contributed by atoms with van der Waals surface area (Å²) in [5.41, 5.74) is 8.75. The number of hydrogen-bond donors (Lipinski definition) is 3. The van der Waals surface area contributed by atoms with Gasteiger partial charge in [-0.15, -0.1) is 11.8 Å². The number of thiocarbonyl (C=S) groups is 1. The van der Waals surface area contributed by atoms with E-state index in [1.54, 1.807) is 0 Å². The Labute approximate surface area is 166 Å². The summed E-state index contributed by atoms with van der Waals surface area (Å²) in [6.07, 6.45) is 0. The van der Waals surface area contributed by atoms with Crippen molar-refractivity contribution in [1.82, 2.24) is 16.2 Å². The van der Waals surface area contributed by atoms with Gasteiger partial charge in [-0.1, -0.05) is 46.3 Å². The number of carbonyl (C=O) groups excluding carboxylic acids is 1. The maximum absolute atomic E-state index is 12.0.